The number of phenols is 1. The van der Waals surface area contributed by atoms with Crippen molar-refractivity contribution in [2.75, 3.05) is 25.5 Å². The van der Waals surface area contributed by atoms with Crippen molar-refractivity contribution in [1.29, 1.82) is 0 Å². The van der Waals surface area contributed by atoms with Crippen molar-refractivity contribution in [2.24, 2.45) is 0 Å². The van der Waals surface area contributed by atoms with E-state index in [2.05, 4.69) is 27.5 Å². The minimum absolute atomic E-state index is 0.259. The molecule has 5 heteroatoms. The second-order valence-corrected chi connectivity index (χ2v) is 7.19. The van der Waals surface area contributed by atoms with Crippen molar-refractivity contribution < 1.29 is 5.11 Å². The Morgan fingerprint density at radius 3 is 2.81 bits per heavy atom. The lowest BCUT2D eigenvalue weighted by Gasteiger charge is -2.30. The number of aromatic hydroxyl groups is 1. The van der Waals surface area contributed by atoms with Crippen molar-refractivity contribution in [3.05, 3.63) is 48.0 Å². The Hall–Kier alpha value is -2.66. The molecule has 1 atom stereocenters. The van der Waals surface area contributed by atoms with Gasteiger partial charge in [0, 0.05) is 23.5 Å². The molecule has 0 spiro atoms. The molecular formula is C21H24N4O. The van der Waals surface area contributed by atoms with Gasteiger partial charge in [0.25, 0.3) is 0 Å². The summed E-state index contributed by atoms with van der Waals surface area (Å²) in [5, 5.41) is 24.8. The molecule has 0 amide bonds. The number of nitrogens with one attached hydrogen (secondary N) is 1. The number of hydrogen-bond acceptors (Lipinski definition) is 5. The number of aromatic nitrogens is 2. The molecular weight excluding hydrogens is 324 g/mol. The van der Waals surface area contributed by atoms with E-state index in [0.29, 0.717) is 6.04 Å². The van der Waals surface area contributed by atoms with Gasteiger partial charge in [-0.3, -0.25) is 0 Å². The predicted molar refractivity (Wildman–Crippen MR) is 106 cm³/mol. The molecule has 0 bridgehead atoms. The summed E-state index contributed by atoms with van der Waals surface area (Å²) in [6.45, 7) is 4.19. The number of piperidine rings is 1. The molecule has 1 aromatic heterocycles. The fourth-order valence-electron chi connectivity index (χ4n) is 3.76. The lowest BCUT2D eigenvalue weighted by molar-refractivity contribution is 0.260. The van der Waals surface area contributed by atoms with Crippen LogP contribution in [0.1, 0.15) is 18.4 Å². The highest BCUT2D eigenvalue weighted by molar-refractivity contribution is 5.94. The molecule has 0 unspecified atom stereocenters. The number of fused-ring (bicyclic) bond motifs is 1. The summed E-state index contributed by atoms with van der Waals surface area (Å²) >= 11 is 0. The van der Waals surface area contributed by atoms with Crippen molar-refractivity contribution in [2.45, 2.75) is 25.8 Å². The highest BCUT2D eigenvalue weighted by Crippen LogP contribution is 2.36. The Kier molecular flexibility index (Phi) is 4.47. The summed E-state index contributed by atoms with van der Waals surface area (Å²) in [5.74, 6) is 1.06. The van der Waals surface area contributed by atoms with E-state index in [1.54, 1.807) is 0 Å². The lowest BCUT2D eigenvalue weighted by atomic mass is 10.0. The zero-order valence-corrected chi connectivity index (χ0v) is 15.2. The largest absolute Gasteiger partial charge is 0.507 e. The van der Waals surface area contributed by atoms with Crippen LogP contribution in [0.4, 0.5) is 5.82 Å². The number of benzene rings is 2. The molecule has 2 aromatic carbocycles. The van der Waals surface area contributed by atoms with E-state index in [1.165, 1.54) is 6.42 Å². The van der Waals surface area contributed by atoms with Crippen molar-refractivity contribution in [1.82, 2.24) is 15.1 Å². The summed E-state index contributed by atoms with van der Waals surface area (Å²) in [5.41, 5.74) is 2.44. The van der Waals surface area contributed by atoms with Crippen molar-refractivity contribution >= 4 is 16.6 Å². The van der Waals surface area contributed by atoms with Crippen LogP contribution in [0, 0.1) is 6.92 Å². The number of anilines is 1. The molecule has 0 radical (unpaired) electrons. The highest BCUT2D eigenvalue weighted by atomic mass is 16.3. The van der Waals surface area contributed by atoms with Gasteiger partial charge >= 0.3 is 0 Å². The second-order valence-electron chi connectivity index (χ2n) is 7.19. The molecule has 134 valence electrons. The van der Waals surface area contributed by atoms with Gasteiger partial charge in [-0.15, -0.1) is 10.2 Å². The van der Waals surface area contributed by atoms with Crippen LogP contribution in [0.3, 0.4) is 0 Å². The molecule has 1 fully saturated rings. The van der Waals surface area contributed by atoms with Crippen LogP contribution in [0.2, 0.25) is 0 Å². The molecule has 5 nitrogen and oxygen atoms in total. The van der Waals surface area contributed by atoms with Crippen LogP contribution < -0.4 is 5.32 Å². The number of likely N-dealkylation sites (tertiary alicyclic amines) is 1. The lowest BCUT2D eigenvalue weighted by Crippen LogP contribution is -2.39. The minimum Gasteiger partial charge on any atom is -0.507 e. The molecule has 2 heterocycles. The maximum Gasteiger partial charge on any atom is 0.149 e. The molecule has 1 aliphatic heterocycles. The molecule has 1 saturated heterocycles. The molecule has 0 aliphatic carbocycles. The molecule has 1 aliphatic rings. The molecule has 3 aromatic rings. The van der Waals surface area contributed by atoms with Gasteiger partial charge in [0.2, 0.25) is 0 Å². The SMILES string of the molecule is Cc1cc(N[C@H]2CCCN(C)C2)nnc1-c1ccc2ccccc2c1O. The van der Waals surface area contributed by atoms with Crippen LogP contribution >= 0.6 is 0 Å². The zero-order chi connectivity index (χ0) is 18.1. The van der Waals surface area contributed by atoms with Gasteiger partial charge in [-0.2, -0.15) is 0 Å². The number of hydrogen-bond donors (Lipinski definition) is 2. The fraction of sp³-hybridized carbons (Fsp3) is 0.333. The van der Waals surface area contributed by atoms with Crippen molar-refractivity contribution in [3.63, 3.8) is 0 Å². The van der Waals surface area contributed by atoms with E-state index in [0.717, 1.165) is 52.9 Å². The monoisotopic (exact) mass is 348 g/mol. The van der Waals surface area contributed by atoms with Crippen LogP contribution in [0.25, 0.3) is 22.0 Å². The first-order chi connectivity index (χ1) is 12.6. The van der Waals surface area contributed by atoms with Gasteiger partial charge in [0.05, 0.1) is 5.69 Å². The van der Waals surface area contributed by atoms with E-state index >= 15 is 0 Å². The average molecular weight is 348 g/mol. The number of nitrogens with zero attached hydrogens (tertiary/aromatic N) is 3. The third-order valence-corrected chi connectivity index (χ3v) is 5.12. The van der Waals surface area contributed by atoms with Crippen LogP contribution in [0.5, 0.6) is 5.75 Å². The summed E-state index contributed by atoms with van der Waals surface area (Å²) in [6.07, 6.45) is 2.35. The normalized spacial score (nSPS) is 18.2. The smallest absolute Gasteiger partial charge is 0.149 e. The highest BCUT2D eigenvalue weighted by Gasteiger charge is 2.18. The Morgan fingerprint density at radius 2 is 2.00 bits per heavy atom. The number of likely N-dealkylation sites (N-methyl/N-ethyl adjacent to an activating group) is 1. The van der Waals surface area contributed by atoms with Gasteiger partial charge in [-0.05, 0) is 56.4 Å². The average Bonchev–Trinajstić information content (AvgIpc) is 2.63. The standard InChI is InChI=1S/C21H24N4O/c1-14-12-19(22-16-7-5-11-25(2)13-16)23-24-20(14)18-10-9-15-6-3-4-8-17(15)21(18)26/h3-4,6,8-10,12,16,26H,5,7,11,13H2,1-2H3,(H,22,23)/t16-/m0/s1. The van der Waals surface area contributed by atoms with E-state index < -0.39 is 0 Å². The van der Waals surface area contributed by atoms with E-state index in [4.69, 9.17) is 0 Å². The maximum atomic E-state index is 10.7. The van der Waals surface area contributed by atoms with Gasteiger partial charge in [0.15, 0.2) is 0 Å². The number of aryl methyl sites for hydroxylation is 1. The predicted octanol–water partition coefficient (Wildman–Crippen LogP) is 3.82. The number of phenolic OH excluding ortho intramolecular Hbond substituents is 1. The topological polar surface area (TPSA) is 61.3 Å². The Morgan fingerprint density at radius 1 is 1.15 bits per heavy atom. The fourth-order valence-corrected chi connectivity index (χ4v) is 3.76. The maximum absolute atomic E-state index is 10.7. The summed E-state index contributed by atoms with van der Waals surface area (Å²) in [4.78, 5) is 2.34. The molecule has 2 N–H and O–H groups in total. The van der Waals surface area contributed by atoms with E-state index in [-0.39, 0.29) is 5.75 Å². The first-order valence-corrected chi connectivity index (χ1v) is 9.12. The first kappa shape index (κ1) is 16.8. The van der Waals surface area contributed by atoms with Gasteiger partial charge < -0.3 is 15.3 Å². The molecule has 4 rings (SSSR count). The second kappa shape index (κ2) is 6.92. The van der Waals surface area contributed by atoms with E-state index in [1.807, 2.05) is 49.4 Å². The van der Waals surface area contributed by atoms with E-state index in [9.17, 15) is 5.11 Å². The number of rotatable bonds is 3. The van der Waals surface area contributed by atoms with Crippen molar-refractivity contribution in [3.8, 4) is 17.0 Å². The first-order valence-electron chi connectivity index (χ1n) is 9.12. The van der Waals surface area contributed by atoms with Gasteiger partial charge in [-0.1, -0.05) is 30.3 Å². The Balaban J connectivity index is 1.63. The minimum atomic E-state index is 0.259. The molecule has 0 saturated carbocycles. The summed E-state index contributed by atoms with van der Waals surface area (Å²) in [6, 6.07) is 14.2. The zero-order valence-electron chi connectivity index (χ0n) is 15.2. The summed E-state index contributed by atoms with van der Waals surface area (Å²) in [7, 11) is 2.15. The Labute approximate surface area is 153 Å². The third kappa shape index (κ3) is 3.22. The quantitative estimate of drug-likeness (QED) is 0.753. The third-order valence-electron chi connectivity index (χ3n) is 5.12. The van der Waals surface area contributed by atoms with Crippen LogP contribution in [-0.2, 0) is 0 Å². The summed E-state index contributed by atoms with van der Waals surface area (Å²) < 4.78 is 0. The van der Waals surface area contributed by atoms with Gasteiger partial charge in [-0.25, -0.2) is 0 Å². The van der Waals surface area contributed by atoms with Gasteiger partial charge in [0.1, 0.15) is 11.6 Å². The van der Waals surface area contributed by atoms with Crippen LogP contribution in [0.15, 0.2) is 42.5 Å². The molecule has 26 heavy (non-hydrogen) atoms. The van der Waals surface area contributed by atoms with Crippen LogP contribution in [-0.4, -0.2) is 46.4 Å². The Bertz CT molecular complexity index is 940.